The van der Waals surface area contributed by atoms with E-state index in [2.05, 4.69) is 41.4 Å². The molecule has 3 rings (SSSR count). The van der Waals surface area contributed by atoms with Crippen molar-refractivity contribution in [1.82, 2.24) is 15.0 Å². The topological polar surface area (TPSA) is 125 Å². The van der Waals surface area contributed by atoms with Gasteiger partial charge in [0.25, 0.3) is 5.95 Å². The minimum atomic E-state index is -0.113. The van der Waals surface area contributed by atoms with E-state index in [9.17, 15) is 10.2 Å². The molecular weight excluding hydrogens is 408 g/mol. The highest BCUT2D eigenvalue weighted by molar-refractivity contribution is 9.10. The molecule has 26 heavy (non-hydrogen) atoms. The summed E-state index contributed by atoms with van der Waals surface area (Å²) >= 11 is 3.18. The van der Waals surface area contributed by atoms with Gasteiger partial charge in [-0.15, -0.1) is 0 Å². The third-order valence-corrected chi connectivity index (χ3v) is 4.18. The van der Waals surface area contributed by atoms with Crippen molar-refractivity contribution < 1.29 is 19.7 Å². The Kier molecular flexibility index (Phi) is 5.68. The van der Waals surface area contributed by atoms with E-state index in [0.717, 1.165) is 0 Å². The van der Waals surface area contributed by atoms with Gasteiger partial charge in [0.15, 0.2) is 0 Å². The molecule has 0 saturated carbocycles. The Bertz CT molecular complexity index is 813. The second-order valence-electron chi connectivity index (χ2n) is 5.28. The molecule has 10 nitrogen and oxygen atoms in total. The molecule has 2 heterocycles. The zero-order chi connectivity index (χ0) is 18.5. The van der Waals surface area contributed by atoms with Crippen molar-refractivity contribution >= 4 is 34.0 Å². The monoisotopic (exact) mass is 424 g/mol. The molecule has 0 bridgehead atoms. The van der Waals surface area contributed by atoms with E-state index in [4.69, 9.17) is 9.47 Å². The van der Waals surface area contributed by atoms with Gasteiger partial charge in [0.2, 0.25) is 5.95 Å². The number of methoxy groups -OCH3 is 1. The summed E-state index contributed by atoms with van der Waals surface area (Å²) < 4.78 is 10.9. The predicted molar refractivity (Wildman–Crippen MR) is 98.1 cm³/mol. The lowest BCUT2D eigenvalue weighted by Crippen LogP contribution is -2.37. The minimum absolute atomic E-state index is 0.0648. The second-order valence-corrected chi connectivity index (χ2v) is 6.13. The fourth-order valence-electron chi connectivity index (χ4n) is 2.22. The fraction of sp³-hybridized carbons (Fsp3) is 0.333. The largest absolute Gasteiger partial charge is 0.507 e. The summed E-state index contributed by atoms with van der Waals surface area (Å²) in [4.78, 5) is 14.6. The van der Waals surface area contributed by atoms with Crippen molar-refractivity contribution in [3.8, 4) is 17.5 Å². The van der Waals surface area contributed by atoms with E-state index >= 15 is 0 Å². The third kappa shape index (κ3) is 4.29. The van der Waals surface area contributed by atoms with E-state index in [-0.39, 0.29) is 23.5 Å². The number of morpholine rings is 1. The van der Waals surface area contributed by atoms with E-state index < -0.39 is 0 Å². The van der Waals surface area contributed by atoms with Gasteiger partial charge in [-0.2, -0.15) is 20.1 Å². The molecule has 1 aliphatic rings. The number of benzene rings is 1. The normalized spacial score (nSPS) is 14.6. The van der Waals surface area contributed by atoms with Gasteiger partial charge in [0, 0.05) is 24.7 Å². The Labute approximate surface area is 157 Å². The van der Waals surface area contributed by atoms with E-state index in [1.54, 1.807) is 0 Å². The summed E-state index contributed by atoms with van der Waals surface area (Å²) in [5.74, 6) is 0.489. The van der Waals surface area contributed by atoms with Crippen molar-refractivity contribution in [2.24, 2.45) is 5.10 Å². The average Bonchev–Trinajstić information content (AvgIpc) is 2.66. The fourth-order valence-corrected chi connectivity index (χ4v) is 2.58. The number of hydrogen-bond acceptors (Lipinski definition) is 10. The molecule has 1 saturated heterocycles. The number of aromatic nitrogens is 3. The highest BCUT2D eigenvalue weighted by Crippen LogP contribution is 2.30. The second kappa shape index (κ2) is 8.15. The summed E-state index contributed by atoms with van der Waals surface area (Å²) in [5.41, 5.74) is 3.09. The average molecular weight is 425 g/mol. The maximum Gasteiger partial charge on any atom is 0.322 e. The van der Waals surface area contributed by atoms with Crippen LogP contribution in [0.2, 0.25) is 0 Å². The third-order valence-electron chi connectivity index (χ3n) is 3.54. The molecular formula is C15H17BrN6O4. The van der Waals surface area contributed by atoms with Gasteiger partial charge in [0.05, 0.1) is 31.0 Å². The maximum atomic E-state index is 9.83. The molecule has 0 spiro atoms. The number of halogens is 1. The standard InChI is InChI=1S/C15H17BrN6O4/c1-25-15-19-13(18-14(20-15)22-2-4-26-5-3-22)21-17-8-9-6-10(16)12(24)7-11(9)23/h6-8,23-24H,2-5H2,1H3,(H,18,19,20,21). The van der Waals surface area contributed by atoms with Gasteiger partial charge in [-0.25, -0.2) is 5.43 Å². The Balaban J connectivity index is 1.77. The van der Waals surface area contributed by atoms with Gasteiger partial charge < -0.3 is 24.6 Å². The lowest BCUT2D eigenvalue weighted by atomic mass is 10.2. The van der Waals surface area contributed by atoms with Crippen LogP contribution in [-0.2, 0) is 4.74 Å². The molecule has 0 atom stereocenters. The van der Waals surface area contributed by atoms with Crippen LogP contribution in [0.5, 0.6) is 17.5 Å². The Morgan fingerprint density at radius 2 is 2.00 bits per heavy atom. The zero-order valence-electron chi connectivity index (χ0n) is 13.9. The van der Waals surface area contributed by atoms with Crippen LogP contribution in [0, 0.1) is 0 Å². The number of nitrogens with one attached hydrogen (secondary N) is 1. The number of aromatic hydroxyl groups is 2. The molecule has 1 aromatic heterocycles. The Hall–Kier alpha value is -2.66. The lowest BCUT2D eigenvalue weighted by molar-refractivity contribution is 0.122. The first-order chi connectivity index (χ1) is 12.6. The molecule has 11 heteroatoms. The molecule has 1 aromatic carbocycles. The molecule has 2 aromatic rings. The zero-order valence-corrected chi connectivity index (χ0v) is 15.5. The van der Waals surface area contributed by atoms with Crippen LogP contribution in [0.3, 0.4) is 0 Å². The smallest absolute Gasteiger partial charge is 0.322 e. The Morgan fingerprint density at radius 1 is 1.23 bits per heavy atom. The van der Waals surface area contributed by atoms with Crippen LogP contribution in [-0.4, -0.2) is 64.8 Å². The van der Waals surface area contributed by atoms with Gasteiger partial charge in [-0.1, -0.05) is 0 Å². The quantitative estimate of drug-likeness (QED) is 0.481. The molecule has 1 fully saturated rings. The molecule has 0 aliphatic carbocycles. The van der Waals surface area contributed by atoms with Crippen molar-refractivity contribution in [3.05, 3.63) is 22.2 Å². The molecule has 0 radical (unpaired) electrons. The number of rotatable bonds is 5. The van der Waals surface area contributed by atoms with Crippen molar-refractivity contribution in [2.45, 2.75) is 0 Å². The summed E-state index contributed by atoms with van der Waals surface area (Å²) in [7, 11) is 1.47. The highest BCUT2D eigenvalue weighted by Gasteiger charge is 2.16. The van der Waals surface area contributed by atoms with Crippen molar-refractivity contribution in [3.63, 3.8) is 0 Å². The van der Waals surface area contributed by atoms with E-state index in [1.165, 1.54) is 25.5 Å². The molecule has 3 N–H and O–H groups in total. The van der Waals surface area contributed by atoms with E-state index in [0.29, 0.717) is 42.3 Å². The number of phenols is 2. The number of phenolic OH excluding ortho intramolecular Hbond substituents is 2. The van der Waals surface area contributed by atoms with Gasteiger partial charge in [0.1, 0.15) is 11.5 Å². The van der Waals surface area contributed by atoms with Crippen LogP contribution in [0.1, 0.15) is 5.56 Å². The number of ether oxygens (including phenoxy) is 2. The number of hydrogen-bond donors (Lipinski definition) is 3. The van der Waals surface area contributed by atoms with E-state index in [1.807, 2.05) is 4.90 Å². The summed E-state index contributed by atoms with van der Waals surface area (Å²) in [5, 5.41) is 23.4. The van der Waals surface area contributed by atoms with Crippen LogP contribution in [0.15, 0.2) is 21.7 Å². The lowest BCUT2D eigenvalue weighted by Gasteiger charge is -2.26. The van der Waals surface area contributed by atoms with Crippen LogP contribution < -0.4 is 15.1 Å². The van der Waals surface area contributed by atoms with Gasteiger partial charge >= 0.3 is 6.01 Å². The molecule has 0 amide bonds. The summed E-state index contributed by atoms with van der Waals surface area (Å²) in [6.07, 6.45) is 1.38. The van der Waals surface area contributed by atoms with Gasteiger partial charge in [-0.05, 0) is 22.0 Å². The van der Waals surface area contributed by atoms with Crippen molar-refractivity contribution in [2.75, 3.05) is 43.7 Å². The summed E-state index contributed by atoms with van der Waals surface area (Å²) in [6, 6.07) is 2.91. The van der Waals surface area contributed by atoms with Crippen molar-refractivity contribution in [1.29, 1.82) is 0 Å². The van der Waals surface area contributed by atoms with Gasteiger partial charge in [-0.3, -0.25) is 0 Å². The summed E-state index contributed by atoms with van der Waals surface area (Å²) in [6.45, 7) is 2.55. The minimum Gasteiger partial charge on any atom is -0.507 e. The first kappa shape index (κ1) is 18.1. The predicted octanol–water partition coefficient (Wildman–Crippen LogP) is 1.34. The number of hydrazone groups is 1. The highest BCUT2D eigenvalue weighted by atomic mass is 79.9. The van der Waals surface area contributed by atoms with Crippen LogP contribution in [0.4, 0.5) is 11.9 Å². The first-order valence-electron chi connectivity index (χ1n) is 7.70. The van der Waals surface area contributed by atoms with Crippen LogP contribution >= 0.6 is 15.9 Å². The van der Waals surface area contributed by atoms with Crippen LogP contribution in [0.25, 0.3) is 0 Å². The maximum absolute atomic E-state index is 9.83. The first-order valence-corrected chi connectivity index (χ1v) is 8.49. The Morgan fingerprint density at radius 3 is 2.73 bits per heavy atom. The number of anilines is 2. The molecule has 0 unspecified atom stereocenters. The number of nitrogens with zero attached hydrogens (tertiary/aromatic N) is 5. The molecule has 1 aliphatic heterocycles. The molecule has 138 valence electrons. The SMILES string of the molecule is COc1nc(NN=Cc2cc(Br)c(O)cc2O)nc(N2CCOCC2)n1.